The van der Waals surface area contributed by atoms with Crippen molar-refractivity contribution in [2.24, 2.45) is 5.92 Å². The molecule has 11 heteroatoms. The number of methoxy groups -OCH3 is 2. The molecule has 0 fully saturated rings. The molecule has 10 nitrogen and oxygen atoms in total. The highest BCUT2D eigenvalue weighted by atomic mass is 28.3. The van der Waals surface area contributed by atoms with Crippen molar-refractivity contribution in [2.45, 2.75) is 58.6 Å². The zero-order valence-corrected chi connectivity index (χ0v) is 26.2. The van der Waals surface area contributed by atoms with Crippen molar-refractivity contribution in [2.75, 3.05) is 20.8 Å². The van der Waals surface area contributed by atoms with Crippen LogP contribution in [-0.4, -0.2) is 60.2 Å². The molecule has 0 aliphatic heterocycles. The van der Waals surface area contributed by atoms with Crippen LogP contribution in [-0.2, 0) is 21.0 Å². The largest absolute Gasteiger partial charge is 0.496 e. The minimum atomic E-state index is -1.33. The highest BCUT2D eigenvalue weighted by Gasteiger charge is 2.32. The Labute approximate surface area is 246 Å². The summed E-state index contributed by atoms with van der Waals surface area (Å²) in [5.41, 5.74) is 3.88. The van der Waals surface area contributed by atoms with Crippen LogP contribution in [0.3, 0.4) is 0 Å². The third kappa shape index (κ3) is 6.20. The number of esters is 1. The fourth-order valence-electron chi connectivity index (χ4n) is 5.37. The predicted octanol–water partition coefficient (Wildman–Crippen LogP) is 6.35. The molecule has 4 rings (SSSR count). The van der Waals surface area contributed by atoms with E-state index < -0.39 is 26.0 Å². The van der Waals surface area contributed by atoms with E-state index in [-0.39, 0.29) is 12.7 Å². The third-order valence-electron chi connectivity index (χ3n) is 7.57. The number of nitriles is 1. The van der Waals surface area contributed by atoms with E-state index in [1.165, 1.54) is 17.9 Å². The van der Waals surface area contributed by atoms with E-state index in [1.54, 1.807) is 32.2 Å². The zero-order valence-electron chi connectivity index (χ0n) is 25.2. The van der Waals surface area contributed by atoms with Crippen molar-refractivity contribution < 1.29 is 28.9 Å². The number of rotatable bonds is 11. The number of fused-ring (bicyclic) bond motifs is 2. The maximum atomic E-state index is 12.7. The van der Waals surface area contributed by atoms with E-state index in [9.17, 15) is 20.0 Å². The van der Waals surface area contributed by atoms with Gasteiger partial charge in [-0.05, 0) is 55.3 Å². The molecular formula is C31H38N4O6Si. The lowest BCUT2D eigenvalue weighted by Crippen LogP contribution is -2.23. The Morgan fingerprint density at radius 2 is 1.90 bits per heavy atom. The molecule has 4 aromatic rings. The quantitative estimate of drug-likeness (QED) is 0.122. The number of aromatic nitrogens is 3. The number of hydrogen-bond acceptors (Lipinski definition) is 7. The average Bonchev–Trinajstić information content (AvgIpc) is 3.55. The number of ether oxygens (including phenoxy) is 3. The summed E-state index contributed by atoms with van der Waals surface area (Å²) in [6, 6.07) is 12.1. The second kappa shape index (κ2) is 12.4. The van der Waals surface area contributed by atoms with E-state index >= 15 is 0 Å². The number of carbonyl (C=O) groups excluding carboxylic acids is 1. The maximum absolute atomic E-state index is 12.7. The molecule has 0 saturated heterocycles. The van der Waals surface area contributed by atoms with Gasteiger partial charge in [0, 0.05) is 37.7 Å². The van der Waals surface area contributed by atoms with Gasteiger partial charge in [0.15, 0.2) is 0 Å². The molecule has 222 valence electrons. The molecule has 0 radical (unpaired) electrons. The predicted molar refractivity (Wildman–Crippen MR) is 163 cm³/mol. The van der Waals surface area contributed by atoms with Crippen LogP contribution in [0.5, 0.6) is 5.75 Å². The Bertz CT molecular complexity index is 1680. The van der Waals surface area contributed by atoms with Gasteiger partial charge in [-0.25, -0.2) is 9.78 Å². The first-order valence-corrected chi connectivity index (χ1v) is 17.6. The van der Waals surface area contributed by atoms with Crippen LogP contribution in [0, 0.1) is 24.2 Å². The van der Waals surface area contributed by atoms with E-state index in [0.717, 1.165) is 17.1 Å². The minimum absolute atomic E-state index is 0.221. The van der Waals surface area contributed by atoms with Crippen molar-refractivity contribution in [3.63, 3.8) is 0 Å². The SMILES string of the molecule is COC(=O)C(C)CC(c1c(OC)cc(C)c2c1ccn2C(=O)O)c1nc2cc(C#N)ccc2n1COCC[Si](C)(C)C. The molecule has 0 bridgehead atoms. The molecule has 2 heterocycles. The number of carbonyl (C=O) groups is 2. The Kier molecular flexibility index (Phi) is 9.08. The Morgan fingerprint density at radius 1 is 1.17 bits per heavy atom. The smallest absolute Gasteiger partial charge is 0.416 e. The van der Waals surface area contributed by atoms with E-state index in [0.29, 0.717) is 52.1 Å². The number of benzene rings is 2. The molecule has 2 aromatic carbocycles. The standard InChI is InChI=1S/C31H38N4O6Si/c1-19-15-26(39-3)27(22-10-11-34(28(19)22)31(37)38)23(14-20(2)30(36)40-4)29-33-24-16-21(17-32)8-9-25(24)35(29)18-41-12-13-42(5,6)7/h8-11,15-16,20,23H,12-14,18H2,1-7H3,(H,37,38). The van der Waals surface area contributed by atoms with E-state index in [1.807, 2.05) is 23.6 Å². The van der Waals surface area contributed by atoms with Gasteiger partial charge in [-0.15, -0.1) is 0 Å². The van der Waals surface area contributed by atoms with Gasteiger partial charge >= 0.3 is 12.1 Å². The Morgan fingerprint density at radius 3 is 2.52 bits per heavy atom. The van der Waals surface area contributed by atoms with E-state index in [4.69, 9.17) is 19.2 Å². The number of aryl methyl sites for hydroxylation is 1. The van der Waals surface area contributed by atoms with Gasteiger partial charge < -0.3 is 23.9 Å². The molecule has 2 unspecified atom stereocenters. The molecule has 0 amide bonds. The topological polar surface area (TPSA) is 129 Å². The molecule has 0 aliphatic carbocycles. The summed E-state index contributed by atoms with van der Waals surface area (Å²) < 4.78 is 20.3. The molecule has 0 aliphatic rings. The summed E-state index contributed by atoms with van der Waals surface area (Å²) in [6.07, 6.45) is 0.726. The zero-order chi connectivity index (χ0) is 30.8. The highest BCUT2D eigenvalue weighted by molar-refractivity contribution is 6.76. The third-order valence-corrected chi connectivity index (χ3v) is 9.27. The molecular weight excluding hydrogens is 552 g/mol. The van der Waals surface area contributed by atoms with Gasteiger partial charge in [-0.2, -0.15) is 5.26 Å². The first-order valence-electron chi connectivity index (χ1n) is 13.9. The van der Waals surface area contributed by atoms with Crippen molar-refractivity contribution in [1.29, 1.82) is 5.26 Å². The number of nitrogens with zero attached hydrogens (tertiary/aromatic N) is 4. The normalized spacial score (nSPS) is 13.2. The van der Waals surface area contributed by atoms with Crippen LogP contribution in [0.15, 0.2) is 36.5 Å². The highest BCUT2D eigenvalue weighted by Crippen LogP contribution is 2.43. The fourth-order valence-corrected chi connectivity index (χ4v) is 6.13. The molecule has 0 saturated carbocycles. The second-order valence-corrected chi connectivity index (χ2v) is 17.4. The van der Waals surface area contributed by atoms with E-state index in [2.05, 4.69) is 25.7 Å². The molecule has 2 atom stereocenters. The van der Waals surface area contributed by atoms with Crippen LogP contribution in [0.25, 0.3) is 21.9 Å². The monoisotopic (exact) mass is 590 g/mol. The first kappa shape index (κ1) is 30.8. The molecule has 2 aromatic heterocycles. The van der Waals surface area contributed by atoms with Crippen LogP contribution in [0.2, 0.25) is 25.7 Å². The van der Waals surface area contributed by atoms with Gasteiger partial charge in [-0.3, -0.25) is 9.36 Å². The summed E-state index contributed by atoms with van der Waals surface area (Å²) in [5.74, 6) is -0.221. The first-order chi connectivity index (χ1) is 19.9. The Balaban J connectivity index is 1.99. The van der Waals surface area contributed by atoms with Crippen LogP contribution >= 0.6 is 0 Å². The van der Waals surface area contributed by atoms with Crippen LogP contribution in [0.4, 0.5) is 4.79 Å². The molecule has 1 N–H and O–H groups in total. The summed E-state index contributed by atoms with van der Waals surface area (Å²) in [5, 5.41) is 20.1. The maximum Gasteiger partial charge on any atom is 0.416 e. The van der Waals surface area contributed by atoms with Gasteiger partial charge in [0.1, 0.15) is 18.3 Å². The van der Waals surface area contributed by atoms with Crippen molar-refractivity contribution in [3.05, 3.63) is 59.0 Å². The second-order valence-electron chi connectivity index (χ2n) is 11.8. The van der Waals surface area contributed by atoms with Crippen LogP contribution < -0.4 is 4.74 Å². The molecule has 42 heavy (non-hydrogen) atoms. The minimum Gasteiger partial charge on any atom is -0.496 e. The number of carboxylic acid groups (broad SMARTS) is 1. The fraction of sp³-hybridized carbons (Fsp3) is 0.419. The lowest BCUT2D eigenvalue weighted by Gasteiger charge is -2.25. The summed E-state index contributed by atoms with van der Waals surface area (Å²) >= 11 is 0. The summed E-state index contributed by atoms with van der Waals surface area (Å²) in [4.78, 5) is 29.8. The van der Waals surface area contributed by atoms with Crippen molar-refractivity contribution in [3.8, 4) is 11.8 Å². The average molecular weight is 591 g/mol. The van der Waals surface area contributed by atoms with Crippen molar-refractivity contribution in [1.82, 2.24) is 14.1 Å². The van der Waals surface area contributed by atoms with Gasteiger partial charge in [-0.1, -0.05) is 26.6 Å². The van der Waals surface area contributed by atoms with Crippen molar-refractivity contribution >= 4 is 42.1 Å². The molecule has 0 spiro atoms. The Hall–Kier alpha value is -4.14. The summed E-state index contributed by atoms with van der Waals surface area (Å²) in [7, 11) is 1.60. The lowest BCUT2D eigenvalue weighted by molar-refractivity contribution is -0.145. The lowest BCUT2D eigenvalue weighted by atomic mass is 9.85. The number of imidazole rings is 1. The van der Waals surface area contributed by atoms with Gasteiger partial charge in [0.2, 0.25) is 0 Å². The van der Waals surface area contributed by atoms with Gasteiger partial charge in [0.05, 0.1) is 48.3 Å². The van der Waals surface area contributed by atoms with Gasteiger partial charge in [0.25, 0.3) is 0 Å². The van der Waals surface area contributed by atoms with Crippen LogP contribution in [0.1, 0.15) is 41.8 Å². The summed E-state index contributed by atoms with van der Waals surface area (Å²) in [6.45, 7) is 11.3. The number of hydrogen-bond donors (Lipinski definition) is 1.